The van der Waals surface area contributed by atoms with Crippen LogP contribution in [0.1, 0.15) is 36.8 Å². The largest absolute Gasteiger partial charge is 0.490 e. The van der Waals surface area contributed by atoms with E-state index in [1.165, 1.54) is 12.8 Å². The molecule has 0 aliphatic heterocycles. The lowest BCUT2D eigenvalue weighted by Crippen LogP contribution is -2.39. The number of carbonyl (C=O) groups excluding carboxylic acids is 2. The molecule has 1 fully saturated rings. The van der Waals surface area contributed by atoms with Crippen LogP contribution >= 0.6 is 15.9 Å². The van der Waals surface area contributed by atoms with Gasteiger partial charge in [0, 0.05) is 22.3 Å². The number of carbonyl (C=O) groups is 2. The molecule has 1 aliphatic carbocycles. The monoisotopic (exact) mass is 459 g/mol. The zero-order valence-electron chi connectivity index (χ0n) is 16.5. The number of halogens is 1. The van der Waals surface area contributed by atoms with Crippen LogP contribution in [0.25, 0.3) is 0 Å². The predicted octanol–water partition coefficient (Wildman–Crippen LogP) is 4.52. The van der Waals surface area contributed by atoms with Gasteiger partial charge in [0.1, 0.15) is 5.75 Å². The Bertz CT molecular complexity index is 866. The highest BCUT2D eigenvalue weighted by molar-refractivity contribution is 9.10. The number of rotatable bonds is 7. The van der Waals surface area contributed by atoms with Crippen molar-refractivity contribution in [2.45, 2.75) is 45.3 Å². The van der Waals surface area contributed by atoms with Crippen molar-refractivity contribution >= 4 is 33.6 Å². The molecule has 0 bridgehead atoms. The SMILES string of the molecule is Cc1cc(Br)ccc1NC(=O)CNC(=O)NCc1ccccc1OC1CCCC1. The maximum atomic E-state index is 12.1. The number of amides is 3. The lowest BCUT2D eigenvalue weighted by molar-refractivity contribution is -0.115. The quantitative estimate of drug-likeness (QED) is 0.569. The van der Waals surface area contributed by atoms with E-state index in [-0.39, 0.29) is 18.6 Å². The van der Waals surface area contributed by atoms with Crippen LogP contribution in [-0.2, 0) is 11.3 Å². The summed E-state index contributed by atoms with van der Waals surface area (Å²) in [4.78, 5) is 24.2. The van der Waals surface area contributed by atoms with Gasteiger partial charge in [0.05, 0.1) is 12.6 Å². The summed E-state index contributed by atoms with van der Waals surface area (Å²) < 4.78 is 7.03. The van der Waals surface area contributed by atoms with Gasteiger partial charge in [-0.2, -0.15) is 0 Å². The lowest BCUT2D eigenvalue weighted by atomic mass is 10.2. The van der Waals surface area contributed by atoms with E-state index in [0.29, 0.717) is 6.54 Å². The fourth-order valence-electron chi connectivity index (χ4n) is 3.31. The minimum Gasteiger partial charge on any atom is -0.490 e. The first-order valence-corrected chi connectivity index (χ1v) is 10.6. The Labute approximate surface area is 179 Å². The Morgan fingerprint density at radius 3 is 2.62 bits per heavy atom. The fourth-order valence-corrected chi connectivity index (χ4v) is 3.79. The maximum absolute atomic E-state index is 12.1. The summed E-state index contributed by atoms with van der Waals surface area (Å²) in [5.41, 5.74) is 2.58. The van der Waals surface area contributed by atoms with Gasteiger partial charge in [0.25, 0.3) is 0 Å². The topological polar surface area (TPSA) is 79.5 Å². The first-order chi connectivity index (χ1) is 14.0. The maximum Gasteiger partial charge on any atom is 0.315 e. The van der Waals surface area contributed by atoms with Crippen molar-refractivity contribution in [1.29, 1.82) is 0 Å². The molecule has 0 saturated heterocycles. The molecule has 0 atom stereocenters. The van der Waals surface area contributed by atoms with Gasteiger partial charge >= 0.3 is 6.03 Å². The summed E-state index contributed by atoms with van der Waals surface area (Å²) in [5.74, 6) is 0.527. The smallest absolute Gasteiger partial charge is 0.315 e. The molecule has 3 rings (SSSR count). The Balaban J connectivity index is 1.44. The van der Waals surface area contributed by atoms with Gasteiger partial charge in [0.2, 0.25) is 5.91 Å². The molecule has 1 aliphatic rings. The zero-order valence-corrected chi connectivity index (χ0v) is 18.1. The summed E-state index contributed by atoms with van der Waals surface area (Å²) in [7, 11) is 0. The molecule has 0 aromatic heterocycles. The highest BCUT2D eigenvalue weighted by Crippen LogP contribution is 2.26. The molecular formula is C22H26BrN3O3. The Morgan fingerprint density at radius 1 is 1.10 bits per heavy atom. The number of hydrogen-bond donors (Lipinski definition) is 3. The lowest BCUT2D eigenvalue weighted by Gasteiger charge is -2.17. The molecule has 6 nitrogen and oxygen atoms in total. The third-order valence-electron chi connectivity index (χ3n) is 4.88. The van der Waals surface area contributed by atoms with Crippen LogP contribution in [0.3, 0.4) is 0 Å². The van der Waals surface area contributed by atoms with E-state index >= 15 is 0 Å². The first-order valence-electron chi connectivity index (χ1n) is 9.83. The van der Waals surface area contributed by atoms with Crippen LogP contribution in [0.4, 0.5) is 10.5 Å². The first kappa shape index (κ1) is 21.2. The molecule has 0 radical (unpaired) electrons. The third kappa shape index (κ3) is 6.49. The van der Waals surface area contributed by atoms with E-state index in [9.17, 15) is 9.59 Å². The van der Waals surface area contributed by atoms with Crippen LogP contribution < -0.4 is 20.7 Å². The van der Waals surface area contributed by atoms with E-state index in [2.05, 4.69) is 31.9 Å². The summed E-state index contributed by atoms with van der Waals surface area (Å²) in [6.07, 6.45) is 4.82. The van der Waals surface area contributed by atoms with E-state index in [0.717, 1.165) is 39.9 Å². The van der Waals surface area contributed by atoms with E-state index in [4.69, 9.17) is 4.74 Å². The molecule has 3 amide bonds. The van der Waals surface area contributed by atoms with Crippen LogP contribution in [0.2, 0.25) is 0 Å². The minimum atomic E-state index is -0.400. The second-order valence-electron chi connectivity index (χ2n) is 7.18. The molecule has 7 heteroatoms. The zero-order chi connectivity index (χ0) is 20.6. The van der Waals surface area contributed by atoms with Gasteiger partial charge in [-0.1, -0.05) is 34.1 Å². The predicted molar refractivity (Wildman–Crippen MR) is 117 cm³/mol. The highest BCUT2D eigenvalue weighted by Gasteiger charge is 2.18. The standard InChI is InChI=1S/C22H26BrN3O3/c1-15-12-17(23)10-11-19(15)26-21(27)14-25-22(28)24-13-16-6-2-5-9-20(16)29-18-7-3-4-8-18/h2,5-6,9-12,18H,3-4,7-8,13-14H2,1H3,(H,26,27)(H2,24,25,28). The summed E-state index contributed by atoms with van der Waals surface area (Å²) >= 11 is 3.39. The summed E-state index contributed by atoms with van der Waals surface area (Å²) in [6, 6.07) is 12.9. The van der Waals surface area contributed by atoms with Crippen molar-refractivity contribution in [3.63, 3.8) is 0 Å². The average Bonchev–Trinajstić information content (AvgIpc) is 3.21. The molecule has 2 aromatic carbocycles. The molecule has 3 N–H and O–H groups in total. The number of anilines is 1. The van der Waals surface area contributed by atoms with Gasteiger partial charge in [-0.05, 0) is 62.4 Å². The van der Waals surface area contributed by atoms with Gasteiger partial charge < -0.3 is 20.7 Å². The molecule has 29 heavy (non-hydrogen) atoms. The van der Waals surface area contributed by atoms with Crippen LogP contribution in [0.15, 0.2) is 46.9 Å². The van der Waals surface area contributed by atoms with Gasteiger partial charge in [-0.15, -0.1) is 0 Å². The highest BCUT2D eigenvalue weighted by atomic mass is 79.9. The second-order valence-corrected chi connectivity index (χ2v) is 8.09. The molecular weight excluding hydrogens is 434 g/mol. The Kier molecular flexibility index (Phi) is 7.52. The van der Waals surface area contributed by atoms with Gasteiger partial charge in [-0.25, -0.2) is 4.79 Å². The van der Waals surface area contributed by atoms with E-state index in [1.54, 1.807) is 0 Å². The van der Waals surface area contributed by atoms with Gasteiger partial charge in [-0.3, -0.25) is 4.79 Å². The van der Waals surface area contributed by atoms with Crippen molar-refractivity contribution in [2.75, 3.05) is 11.9 Å². The second kappa shape index (κ2) is 10.3. The Hall–Kier alpha value is -2.54. The summed E-state index contributed by atoms with van der Waals surface area (Å²) in [5, 5.41) is 8.16. The van der Waals surface area contributed by atoms with Crippen molar-refractivity contribution < 1.29 is 14.3 Å². The van der Waals surface area contributed by atoms with Crippen molar-refractivity contribution in [2.24, 2.45) is 0 Å². The third-order valence-corrected chi connectivity index (χ3v) is 5.37. The summed E-state index contributed by atoms with van der Waals surface area (Å²) in [6.45, 7) is 2.13. The number of aryl methyl sites for hydroxylation is 1. The van der Waals surface area contributed by atoms with Crippen molar-refractivity contribution in [1.82, 2.24) is 10.6 Å². The minimum absolute atomic E-state index is 0.110. The molecule has 0 spiro atoms. The fraction of sp³-hybridized carbons (Fsp3) is 0.364. The average molecular weight is 460 g/mol. The van der Waals surface area contributed by atoms with E-state index < -0.39 is 6.03 Å². The number of nitrogens with one attached hydrogen (secondary N) is 3. The molecule has 1 saturated carbocycles. The van der Waals surface area contributed by atoms with Crippen LogP contribution in [-0.4, -0.2) is 24.6 Å². The molecule has 0 heterocycles. The molecule has 0 unspecified atom stereocenters. The normalized spacial score (nSPS) is 13.7. The molecule has 154 valence electrons. The Morgan fingerprint density at radius 2 is 1.86 bits per heavy atom. The number of urea groups is 1. The number of benzene rings is 2. The van der Waals surface area contributed by atoms with Gasteiger partial charge in [0.15, 0.2) is 0 Å². The van der Waals surface area contributed by atoms with Crippen LogP contribution in [0, 0.1) is 6.92 Å². The van der Waals surface area contributed by atoms with Crippen molar-refractivity contribution in [3.05, 3.63) is 58.1 Å². The molecule has 2 aromatic rings. The van der Waals surface area contributed by atoms with Crippen LogP contribution in [0.5, 0.6) is 5.75 Å². The number of para-hydroxylation sites is 1. The van der Waals surface area contributed by atoms with E-state index in [1.807, 2.05) is 49.4 Å². The number of hydrogen-bond acceptors (Lipinski definition) is 3. The number of ether oxygens (including phenoxy) is 1. The van der Waals surface area contributed by atoms with Crippen molar-refractivity contribution in [3.8, 4) is 5.75 Å².